The van der Waals surface area contributed by atoms with Gasteiger partial charge in [-0.25, -0.2) is 0 Å². The minimum absolute atomic E-state index is 0.187. The summed E-state index contributed by atoms with van der Waals surface area (Å²) in [6.07, 6.45) is 1.76. The van der Waals surface area contributed by atoms with Crippen LogP contribution in [0, 0.1) is 0 Å². The number of nitrogens with two attached hydrogens (primary N) is 1. The minimum Gasteiger partial charge on any atom is -0.328 e. The maximum Gasteiger partial charge on any atom is 0.288 e. The van der Waals surface area contributed by atoms with Crippen LogP contribution in [-0.4, -0.2) is 42.2 Å². The number of rotatable bonds is 5. The van der Waals surface area contributed by atoms with Crippen molar-refractivity contribution >= 4 is 23.4 Å². The molecule has 116 valence electrons. The molecular formula is C14H19F2N3OS. The van der Waals surface area contributed by atoms with E-state index in [1.54, 1.807) is 24.3 Å². The molecule has 0 unspecified atom stereocenters. The summed E-state index contributed by atoms with van der Waals surface area (Å²) in [5.41, 5.74) is 6.25. The van der Waals surface area contributed by atoms with Crippen molar-refractivity contribution in [1.29, 1.82) is 0 Å². The van der Waals surface area contributed by atoms with Crippen molar-refractivity contribution < 1.29 is 13.6 Å². The third kappa shape index (κ3) is 5.26. The third-order valence-electron chi connectivity index (χ3n) is 3.38. The van der Waals surface area contributed by atoms with Gasteiger partial charge >= 0.3 is 0 Å². The summed E-state index contributed by atoms with van der Waals surface area (Å²) in [5.74, 6) is -2.69. The quantitative estimate of drug-likeness (QED) is 0.819. The summed E-state index contributed by atoms with van der Waals surface area (Å²) in [6, 6.07) is 6.81. The van der Waals surface area contributed by atoms with Crippen molar-refractivity contribution in [2.75, 3.05) is 25.0 Å². The highest BCUT2D eigenvalue weighted by Crippen LogP contribution is 2.31. The van der Waals surface area contributed by atoms with Crippen LogP contribution in [0.5, 0.6) is 0 Å². The summed E-state index contributed by atoms with van der Waals surface area (Å²) < 4.78 is 25.0. The van der Waals surface area contributed by atoms with Crippen LogP contribution in [0.4, 0.5) is 14.5 Å². The normalized spacial score (nSPS) is 17.1. The van der Waals surface area contributed by atoms with E-state index in [1.165, 1.54) is 0 Å². The second-order valence-corrected chi connectivity index (χ2v) is 6.07. The molecule has 0 radical (unpaired) electrons. The Bertz CT molecular complexity index is 479. The predicted octanol–water partition coefficient (Wildman–Crippen LogP) is 2.36. The number of anilines is 1. The van der Waals surface area contributed by atoms with Gasteiger partial charge in [-0.05, 0) is 25.0 Å². The number of benzene rings is 1. The molecule has 1 aromatic carbocycles. The van der Waals surface area contributed by atoms with Gasteiger partial charge in [0, 0.05) is 24.0 Å². The lowest BCUT2D eigenvalue weighted by atomic mass is 10.1. The van der Waals surface area contributed by atoms with Gasteiger partial charge in [-0.15, -0.1) is 0 Å². The number of carbonyl (C=O) groups excluding carboxylic acids is 1. The molecule has 3 N–H and O–H groups in total. The summed E-state index contributed by atoms with van der Waals surface area (Å²) in [4.78, 5) is 14.4. The van der Waals surface area contributed by atoms with Crippen molar-refractivity contribution in [3.63, 3.8) is 0 Å². The smallest absolute Gasteiger partial charge is 0.288 e. The average molecular weight is 315 g/mol. The van der Waals surface area contributed by atoms with Crippen LogP contribution in [0.1, 0.15) is 12.8 Å². The van der Waals surface area contributed by atoms with Crippen molar-refractivity contribution in [3.8, 4) is 0 Å². The van der Waals surface area contributed by atoms with Gasteiger partial charge in [-0.2, -0.15) is 8.78 Å². The molecule has 4 nitrogen and oxygen atoms in total. The first-order valence-corrected chi connectivity index (χ1v) is 7.74. The zero-order valence-electron chi connectivity index (χ0n) is 11.6. The van der Waals surface area contributed by atoms with Gasteiger partial charge < -0.3 is 11.1 Å². The Balaban J connectivity index is 1.90. The first kappa shape index (κ1) is 16.2. The van der Waals surface area contributed by atoms with E-state index in [9.17, 15) is 13.6 Å². The Morgan fingerprint density at radius 1 is 1.38 bits per heavy atom. The number of likely N-dealkylation sites (tertiary alicyclic amines) is 1. The highest BCUT2D eigenvalue weighted by molar-refractivity contribution is 7.99. The fraction of sp³-hybridized carbons (Fsp3) is 0.500. The highest BCUT2D eigenvalue weighted by atomic mass is 32.2. The third-order valence-corrected chi connectivity index (χ3v) is 4.16. The molecule has 1 heterocycles. The molecule has 21 heavy (non-hydrogen) atoms. The standard InChI is InChI=1S/C14H19F2N3OS/c15-14(16)21-12-4-2-1-3-11(12)18-13(20)9-19-7-5-10(17)6-8-19/h1-4,10,14H,5-9,17H2,(H,18,20). The topological polar surface area (TPSA) is 58.4 Å². The van der Waals surface area contributed by atoms with Gasteiger partial charge in [0.05, 0.1) is 12.2 Å². The lowest BCUT2D eigenvalue weighted by Crippen LogP contribution is -2.43. The number of halogens is 2. The van der Waals surface area contributed by atoms with E-state index in [2.05, 4.69) is 5.32 Å². The highest BCUT2D eigenvalue weighted by Gasteiger charge is 2.19. The van der Waals surface area contributed by atoms with E-state index in [4.69, 9.17) is 5.73 Å². The van der Waals surface area contributed by atoms with Gasteiger partial charge in [-0.1, -0.05) is 23.9 Å². The zero-order valence-corrected chi connectivity index (χ0v) is 12.4. The first-order valence-electron chi connectivity index (χ1n) is 6.86. The molecular weight excluding hydrogens is 296 g/mol. The van der Waals surface area contributed by atoms with E-state index in [0.717, 1.165) is 25.9 Å². The molecule has 1 fully saturated rings. The molecule has 0 aliphatic carbocycles. The zero-order chi connectivity index (χ0) is 15.2. The molecule has 1 saturated heterocycles. The Hall–Kier alpha value is -1.18. The SMILES string of the molecule is NC1CCN(CC(=O)Nc2ccccc2SC(F)F)CC1. The maximum atomic E-state index is 12.5. The van der Waals surface area contributed by atoms with E-state index in [1.807, 2.05) is 4.90 Å². The Morgan fingerprint density at radius 3 is 2.71 bits per heavy atom. The second kappa shape index (κ2) is 7.72. The van der Waals surface area contributed by atoms with Crippen molar-refractivity contribution in [1.82, 2.24) is 4.90 Å². The van der Waals surface area contributed by atoms with Crippen LogP contribution >= 0.6 is 11.8 Å². The van der Waals surface area contributed by atoms with Crippen molar-refractivity contribution in [3.05, 3.63) is 24.3 Å². The molecule has 0 aromatic heterocycles. The molecule has 1 amide bonds. The minimum atomic E-state index is -2.51. The monoisotopic (exact) mass is 315 g/mol. The first-order chi connectivity index (χ1) is 10.0. The molecule has 1 aromatic rings. The molecule has 1 aliphatic rings. The summed E-state index contributed by atoms with van der Waals surface area (Å²) >= 11 is 0.435. The van der Waals surface area contributed by atoms with Crippen LogP contribution in [-0.2, 0) is 4.79 Å². The predicted molar refractivity (Wildman–Crippen MR) is 80.6 cm³/mol. The number of alkyl halides is 2. The Morgan fingerprint density at radius 2 is 2.05 bits per heavy atom. The van der Waals surface area contributed by atoms with Crippen molar-refractivity contribution in [2.45, 2.75) is 29.5 Å². The van der Waals surface area contributed by atoms with E-state index in [0.29, 0.717) is 22.3 Å². The number of hydrogen-bond donors (Lipinski definition) is 2. The molecule has 0 spiro atoms. The number of carbonyl (C=O) groups is 1. The Labute approximate surface area is 127 Å². The van der Waals surface area contributed by atoms with Crippen LogP contribution in [0.15, 0.2) is 29.2 Å². The summed E-state index contributed by atoms with van der Waals surface area (Å²) in [7, 11) is 0. The molecule has 1 aliphatic heterocycles. The number of nitrogens with zero attached hydrogens (tertiary/aromatic N) is 1. The van der Waals surface area contributed by atoms with Gasteiger partial charge in [0.25, 0.3) is 5.76 Å². The van der Waals surface area contributed by atoms with E-state index >= 15 is 0 Å². The lowest BCUT2D eigenvalue weighted by Gasteiger charge is -2.29. The molecule has 2 rings (SSSR count). The van der Waals surface area contributed by atoms with Crippen LogP contribution in [0.2, 0.25) is 0 Å². The summed E-state index contributed by atoms with van der Waals surface area (Å²) in [6.45, 7) is 1.85. The summed E-state index contributed by atoms with van der Waals surface area (Å²) in [5, 5.41) is 2.71. The number of thioether (sulfide) groups is 1. The van der Waals surface area contributed by atoms with Crippen LogP contribution in [0.3, 0.4) is 0 Å². The van der Waals surface area contributed by atoms with Gasteiger partial charge in [0.2, 0.25) is 5.91 Å². The van der Waals surface area contributed by atoms with E-state index < -0.39 is 5.76 Å². The number of nitrogens with one attached hydrogen (secondary N) is 1. The van der Waals surface area contributed by atoms with Gasteiger partial charge in [-0.3, -0.25) is 9.69 Å². The van der Waals surface area contributed by atoms with Gasteiger partial charge in [0.1, 0.15) is 0 Å². The maximum absolute atomic E-state index is 12.5. The second-order valence-electron chi connectivity index (χ2n) is 5.04. The van der Waals surface area contributed by atoms with E-state index in [-0.39, 0.29) is 18.5 Å². The number of para-hydroxylation sites is 1. The average Bonchev–Trinajstić information content (AvgIpc) is 2.43. The van der Waals surface area contributed by atoms with Crippen LogP contribution in [0.25, 0.3) is 0 Å². The number of hydrogen-bond acceptors (Lipinski definition) is 4. The molecule has 7 heteroatoms. The lowest BCUT2D eigenvalue weighted by molar-refractivity contribution is -0.117. The number of piperidine rings is 1. The van der Waals surface area contributed by atoms with Gasteiger partial charge in [0.15, 0.2) is 0 Å². The molecule has 0 atom stereocenters. The molecule has 0 saturated carbocycles. The molecule has 0 bridgehead atoms. The van der Waals surface area contributed by atoms with Crippen LogP contribution < -0.4 is 11.1 Å². The fourth-order valence-electron chi connectivity index (χ4n) is 2.27. The van der Waals surface area contributed by atoms with Crippen molar-refractivity contribution in [2.24, 2.45) is 5.73 Å². The largest absolute Gasteiger partial charge is 0.328 e. The Kier molecular flexibility index (Phi) is 5.96. The number of amides is 1. The fourth-order valence-corrected chi connectivity index (χ4v) is 2.87.